The van der Waals surface area contributed by atoms with E-state index in [2.05, 4.69) is 33.6 Å². The van der Waals surface area contributed by atoms with E-state index in [1.807, 2.05) is 6.07 Å². The molecule has 126 valence electrons. The van der Waals surface area contributed by atoms with Gasteiger partial charge in [-0.3, -0.25) is 0 Å². The van der Waals surface area contributed by atoms with Gasteiger partial charge in [0.1, 0.15) is 4.90 Å². The second kappa shape index (κ2) is 8.19. The third-order valence-corrected chi connectivity index (χ3v) is 5.01. The van der Waals surface area contributed by atoms with Gasteiger partial charge < -0.3 is 4.90 Å². The number of hydrogen-bond donors (Lipinski definition) is 1. The van der Waals surface area contributed by atoms with Crippen LogP contribution in [0.15, 0.2) is 41.7 Å². The highest BCUT2D eigenvalue weighted by molar-refractivity contribution is 7.89. The zero-order valence-electron chi connectivity index (χ0n) is 13.5. The number of rotatable bonds is 9. The summed E-state index contributed by atoms with van der Waals surface area (Å²) < 4.78 is 28.6. The van der Waals surface area contributed by atoms with Gasteiger partial charge in [-0.15, -0.1) is 0 Å². The lowest BCUT2D eigenvalue weighted by Crippen LogP contribution is -2.29. The van der Waals surface area contributed by atoms with Gasteiger partial charge in [-0.25, -0.2) is 22.8 Å². The van der Waals surface area contributed by atoms with E-state index in [1.165, 1.54) is 17.1 Å². The molecule has 0 spiro atoms. The van der Waals surface area contributed by atoms with Crippen molar-refractivity contribution in [3.05, 3.63) is 36.8 Å². The first-order chi connectivity index (χ1) is 11.1. The molecule has 0 aliphatic carbocycles. The lowest BCUT2D eigenvalue weighted by Gasteiger charge is -2.17. The highest BCUT2D eigenvalue weighted by Crippen LogP contribution is 2.10. The van der Waals surface area contributed by atoms with Crippen LogP contribution in [0, 0.1) is 0 Å². The van der Waals surface area contributed by atoms with E-state index in [9.17, 15) is 8.42 Å². The molecule has 2 rings (SSSR count). The summed E-state index contributed by atoms with van der Waals surface area (Å²) in [6.45, 7) is 7.43. The van der Waals surface area contributed by atoms with E-state index < -0.39 is 10.0 Å². The zero-order valence-corrected chi connectivity index (χ0v) is 14.3. The zero-order chi connectivity index (χ0) is 16.7. The van der Waals surface area contributed by atoms with Gasteiger partial charge in [0.25, 0.3) is 0 Å². The molecular formula is C15H23N5O2S. The van der Waals surface area contributed by atoms with E-state index in [0.717, 1.165) is 26.1 Å². The smallest absolute Gasteiger partial charge is 0.243 e. The van der Waals surface area contributed by atoms with Crippen molar-refractivity contribution in [3.63, 3.8) is 0 Å². The molecule has 1 N–H and O–H groups in total. The molecule has 0 atom stereocenters. The Morgan fingerprint density at radius 2 is 2.04 bits per heavy atom. The molecular weight excluding hydrogens is 314 g/mol. The van der Waals surface area contributed by atoms with Crippen LogP contribution in [-0.2, 0) is 10.0 Å². The molecule has 2 heterocycles. The Balaban J connectivity index is 1.94. The van der Waals surface area contributed by atoms with Gasteiger partial charge in [-0.1, -0.05) is 19.9 Å². The molecule has 0 aliphatic heterocycles. The molecule has 23 heavy (non-hydrogen) atoms. The Kier molecular flexibility index (Phi) is 6.26. The van der Waals surface area contributed by atoms with Crippen LogP contribution < -0.4 is 4.72 Å². The quantitative estimate of drug-likeness (QED) is 0.697. The standard InChI is InChI=1S/C15H23N5O2S/c1-3-19(4-2)11-7-10-18-23(21,22)14-12-17-20(13-14)15-8-5-6-9-16-15/h5-6,8-9,12-13,18H,3-4,7,10-11H2,1-2H3. The molecule has 7 nitrogen and oxygen atoms in total. The van der Waals surface area contributed by atoms with Crippen molar-refractivity contribution in [1.82, 2.24) is 24.4 Å². The Bertz CT molecular complexity index is 696. The maximum Gasteiger partial charge on any atom is 0.243 e. The summed E-state index contributed by atoms with van der Waals surface area (Å²) >= 11 is 0. The highest BCUT2D eigenvalue weighted by Gasteiger charge is 2.16. The second-order valence-corrected chi connectivity index (χ2v) is 6.85. The van der Waals surface area contributed by atoms with Gasteiger partial charge in [0.05, 0.1) is 12.4 Å². The monoisotopic (exact) mass is 337 g/mol. The Hall–Kier alpha value is -1.77. The van der Waals surface area contributed by atoms with Crippen molar-refractivity contribution in [3.8, 4) is 5.82 Å². The number of nitrogens with one attached hydrogen (secondary N) is 1. The fraction of sp³-hybridized carbons (Fsp3) is 0.467. The molecule has 0 aliphatic rings. The van der Waals surface area contributed by atoms with Crippen molar-refractivity contribution in [2.45, 2.75) is 25.2 Å². The molecule has 0 aromatic carbocycles. The predicted molar refractivity (Wildman–Crippen MR) is 89.0 cm³/mol. The summed E-state index contributed by atoms with van der Waals surface area (Å²) in [5.41, 5.74) is 0. The number of aromatic nitrogens is 3. The summed E-state index contributed by atoms with van der Waals surface area (Å²) in [6, 6.07) is 5.38. The fourth-order valence-electron chi connectivity index (χ4n) is 2.19. The first-order valence-electron chi connectivity index (χ1n) is 7.75. The topological polar surface area (TPSA) is 80.1 Å². The average Bonchev–Trinajstić information content (AvgIpc) is 3.07. The van der Waals surface area contributed by atoms with Crippen LogP contribution in [0.3, 0.4) is 0 Å². The van der Waals surface area contributed by atoms with E-state index in [-0.39, 0.29) is 4.90 Å². The minimum absolute atomic E-state index is 0.144. The van der Waals surface area contributed by atoms with Crippen molar-refractivity contribution in [1.29, 1.82) is 0 Å². The van der Waals surface area contributed by atoms with Crippen molar-refractivity contribution >= 4 is 10.0 Å². The van der Waals surface area contributed by atoms with E-state index >= 15 is 0 Å². The van der Waals surface area contributed by atoms with Crippen LogP contribution in [0.25, 0.3) is 5.82 Å². The average molecular weight is 337 g/mol. The third kappa shape index (κ3) is 4.85. The molecule has 0 unspecified atom stereocenters. The lowest BCUT2D eigenvalue weighted by molar-refractivity contribution is 0.300. The predicted octanol–water partition coefficient (Wildman–Crippen LogP) is 1.28. The number of hydrogen-bond acceptors (Lipinski definition) is 5. The largest absolute Gasteiger partial charge is 0.304 e. The van der Waals surface area contributed by atoms with E-state index in [1.54, 1.807) is 18.3 Å². The summed E-state index contributed by atoms with van der Waals surface area (Å²) in [6.07, 6.45) is 5.21. The number of nitrogens with zero attached hydrogens (tertiary/aromatic N) is 4. The SMILES string of the molecule is CCN(CC)CCCNS(=O)(=O)c1cnn(-c2ccccn2)c1. The van der Waals surface area contributed by atoms with Gasteiger partial charge in [0.15, 0.2) is 5.82 Å². The first kappa shape index (κ1) is 17.6. The van der Waals surface area contributed by atoms with Crippen LogP contribution in [0.4, 0.5) is 0 Å². The van der Waals surface area contributed by atoms with Crippen LogP contribution >= 0.6 is 0 Å². The van der Waals surface area contributed by atoms with Crippen LogP contribution in [0.5, 0.6) is 0 Å². The van der Waals surface area contributed by atoms with E-state index in [4.69, 9.17) is 0 Å². The highest BCUT2D eigenvalue weighted by atomic mass is 32.2. The van der Waals surface area contributed by atoms with Crippen LogP contribution in [0.1, 0.15) is 20.3 Å². The van der Waals surface area contributed by atoms with Gasteiger partial charge in [-0.05, 0) is 38.2 Å². The number of pyridine rings is 1. The Morgan fingerprint density at radius 1 is 1.26 bits per heavy atom. The van der Waals surface area contributed by atoms with Crippen LogP contribution in [-0.4, -0.2) is 54.3 Å². The third-order valence-electron chi connectivity index (χ3n) is 3.59. The number of sulfonamides is 1. The summed E-state index contributed by atoms with van der Waals surface area (Å²) in [5, 5.41) is 4.06. The fourth-order valence-corrected chi connectivity index (χ4v) is 3.20. The van der Waals surface area contributed by atoms with Crippen LogP contribution in [0.2, 0.25) is 0 Å². The molecule has 2 aromatic rings. The van der Waals surface area contributed by atoms with Crippen molar-refractivity contribution in [2.24, 2.45) is 0 Å². The molecule has 0 saturated heterocycles. The Morgan fingerprint density at radius 3 is 2.70 bits per heavy atom. The van der Waals surface area contributed by atoms with Gasteiger partial charge in [0, 0.05) is 12.7 Å². The Labute approximate surface area is 137 Å². The molecule has 0 amide bonds. The maximum atomic E-state index is 12.3. The second-order valence-electron chi connectivity index (χ2n) is 5.09. The summed E-state index contributed by atoms with van der Waals surface area (Å²) in [4.78, 5) is 6.54. The van der Waals surface area contributed by atoms with Gasteiger partial charge >= 0.3 is 0 Å². The summed E-state index contributed by atoms with van der Waals surface area (Å²) in [7, 11) is -3.54. The molecule has 0 saturated carbocycles. The minimum Gasteiger partial charge on any atom is -0.304 e. The van der Waals surface area contributed by atoms with Crippen molar-refractivity contribution < 1.29 is 8.42 Å². The lowest BCUT2D eigenvalue weighted by atomic mass is 10.4. The van der Waals surface area contributed by atoms with Crippen molar-refractivity contribution in [2.75, 3.05) is 26.2 Å². The molecule has 2 aromatic heterocycles. The molecule has 0 bridgehead atoms. The van der Waals surface area contributed by atoms with Gasteiger partial charge in [0.2, 0.25) is 10.0 Å². The minimum atomic E-state index is -3.54. The normalized spacial score (nSPS) is 12.0. The molecule has 8 heteroatoms. The van der Waals surface area contributed by atoms with Gasteiger partial charge in [-0.2, -0.15) is 5.10 Å². The maximum absolute atomic E-state index is 12.3. The van der Waals surface area contributed by atoms with E-state index in [0.29, 0.717) is 12.4 Å². The molecule has 0 radical (unpaired) electrons. The molecule has 0 fully saturated rings. The summed E-state index contributed by atoms with van der Waals surface area (Å²) in [5.74, 6) is 0.579. The first-order valence-corrected chi connectivity index (χ1v) is 9.23.